The molecular formula is C25H25FN4O2. The number of para-hydroxylation sites is 1. The molecule has 1 aliphatic rings. The number of fused-ring (bicyclic) bond motifs is 1. The number of nitrogens with zero attached hydrogens (tertiary/aromatic N) is 4. The Morgan fingerprint density at radius 3 is 2.69 bits per heavy atom. The fourth-order valence-corrected chi connectivity index (χ4v) is 4.25. The van der Waals surface area contributed by atoms with Gasteiger partial charge in [-0.15, -0.1) is 0 Å². The van der Waals surface area contributed by atoms with Gasteiger partial charge in [0.15, 0.2) is 5.78 Å². The van der Waals surface area contributed by atoms with Gasteiger partial charge in [0.1, 0.15) is 5.82 Å². The van der Waals surface area contributed by atoms with Crippen molar-refractivity contribution < 1.29 is 14.0 Å². The number of halogens is 1. The molecular weight excluding hydrogens is 407 g/mol. The summed E-state index contributed by atoms with van der Waals surface area (Å²) in [5.41, 5.74) is 1.96. The van der Waals surface area contributed by atoms with Crippen molar-refractivity contribution in [3.05, 3.63) is 71.7 Å². The van der Waals surface area contributed by atoms with Gasteiger partial charge in [0, 0.05) is 61.0 Å². The van der Waals surface area contributed by atoms with E-state index in [0.29, 0.717) is 50.3 Å². The average molecular weight is 432 g/mol. The summed E-state index contributed by atoms with van der Waals surface area (Å²) in [5, 5.41) is 9.82. The lowest BCUT2D eigenvalue weighted by molar-refractivity contribution is 0.0760. The number of amides is 1. The van der Waals surface area contributed by atoms with E-state index in [0.717, 1.165) is 17.3 Å². The van der Waals surface area contributed by atoms with Gasteiger partial charge in [-0.05, 0) is 30.7 Å². The van der Waals surface area contributed by atoms with E-state index in [9.17, 15) is 14.0 Å². The number of ketones is 1. The molecule has 0 radical (unpaired) electrons. The lowest BCUT2D eigenvalue weighted by Gasteiger charge is -2.21. The third kappa shape index (κ3) is 4.71. The maximum atomic E-state index is 13.5. The average Bonchev–Trinajstić information content (AvgIpc) is 3.01. The molecule has 4 rings (SSSR count). The van der Waals surface area contributed by atoms with Gasteiger partial charge in [-0.3, -0.25) is 14.5 Å². The van der Waals surface area contributed by atoms with Crippen LogP contribution in [-0.2, 0) is 6.54 Å². The Kier molecular flexibility index (Phi) is 6.62. The lowest BCUT2D eigenvalue weighted by Crippen LogP contribution is -2.36. The van der Waals surface area contributed by atoms with Crippen molar-refractivity contribution in [2.75, 3.05) is 32.7 Å². The van der Waals surface area contributed by atoms with Crippen molar-refractivity contribution in [2.24, 2.45) is 0 Å². The van der Waals surface area contributed by atoms with Gasteiger partial charge in [-0.2, -0.15) is 5.26 Å². The van der Waals surface area contributed by atoms with Gasteiger partial charge < -0.3 is 9.47 Å². The Morgan fingerprint density at radius 1 is 1.03 bits per heavy atom. The topological polar surface area (TPSA) is 69.3 Å². The number of hydrogen-bond donors (Lipinski definition) is 0. The number of aryl methyl sites for hydroxylation is 1. The minimum absolute atomic E-state index is 0.0295. The number of carbonyl (C=O) groups is 2. The van der Waals surface area contributed by atoms with Crippen LogP contribution in [0.2, 0.25) is 0 Å². The third-order valence-corrected chi connectivity index (χ3v) is 5.87. The second-order valence-corrected chi connectivity index (χ2v) is 8.02. The van der Waals surface area contributed by atoms with Gasteiger partial charge in [0.05, 0.1) is 19.0 Å². The van der Waals surface area contributed by atoms with E-state index in [1.807, 2.05) is 35.0 Å². The minimum atomic E-state index is -0.424. The zero-order chi connectivity index (χ0) is 22.5. The molecule has 7 heteroatoms. The first kappa shape index (κ1) is 21.7. The van der Waals surface area contributed by atoms with Crippen LogP contribution in [0, 0.1) is 17.1 Å². The molecule has 0 unspecified atom stereocenters. The quantitative estimate of drug-likeness (QED) is 0.557. The first-order valence-corrected chi connectivity index (χ1v) is 10.8. The Morgan fingerprint density at radius 2 is 1.88 bits per heavy atom. The molecule has 0 bridgehead atoms. The maximum Gasteiger partial charge on any atom is 0.254 e. The van der Waals surface area contributed by atoms with Gasteiger partial charge >= 0.3 is 0 Å². The molecule has 1 fully saturated rings. The van der Waals surface area contributed by atoms with Crippen molar-refractivity contribution in [2.45, 2.75) is 19.4 Å². The Hall–Kier alpha value is -3.50. The molecule has 0 atom stereocenters. The molecule has 1 aliphatic heterocycles. The van der Waals surface area contributed by atoms with E-state index >= 15 is 0 Å². The van der Waals surface area contributed by atoms with E-state index in [1.165, 1.54) is 12.1 Å². The zero-order valence-electron chi connectivity index (χ0n) is 17.8. The summed E-state index contributed by atoms with van der Waals surface area (Å²) in [5.74, 6) is -0.577. The molecule has 2 aromatic carbocycles. The van der Waals surface area contributed by atoms with E-state index < -0.39 is 5.82 Å². The predicted molar refractivity (Wildman–Crippen MR) is 120 cm³/mol. The SMILES string of the molecule is N#CCCn1cc(C(=O)CN2CCCN(C(=O)c3cccc(F)c3)CC2)c2ccccc21. The summed E-state index contributed by atoms with van der Waals surface area (Å²) in [6.45, 7) is 3.19. The lowest BCUT2D eigenvalue weighted by atomic mass is 10.1. The van der Waals surface area contributed by atoms with E-state index in [4.69, 9.17) is 5.26 Å². The highest BCUT2D eigenvalue weighted by atomic mass is 19.1. The van der Waals surface area contributed by atoms with E-state index in [1.54, 1.807) is 17.0 Å². The van der Waals surface area contributed by atoms with Crippen LogP contribution in [0.1, 0.15) is 33.6 Å². The van der Waals surface area contributed by atoms with Crippen molar-refractivity contribution in [1.82, 2.24) is 14.4 Å². The number of benzene rings is 2. The molecule has 2 heterocycles. The van der Waals surface area contributed by atoms with Crippen molar-refractivity contribution >= 4 is 22.6 Å². The highest BCUT2D eigenvalue weighted by Crippen LogP contribution is 2.23. The molecule has 164 valence electrons. The monoisotopic (exact) mass is 432 g/mol. The smallest absolute Gasteiger partial charge is 0.254 e. The van der Waals surface area contributed by atoms with E-state index in [-0.39, 0.29) is 18.2 Å². The summed E-state index contributed by atoms with van der Waals surface area (Å²) in [7, 11) is 0. The van der Waals surface area contributed by atoms with Crippen LogP contribution in [0.3, 0.4) is 0 Å². The van der Waals surface area contributed by atoms with E-state index in [2.05, 4.69) is 11.0 Å². The van der Waals surface area contributed by atoms with Crippen LogP contribution in [-0.4, -0.2) is 58.8 Å². The van der Waals surface area contributed by atoms with Crippen LogP contribution >= 0.6 is 0 Å². The van der Waals surface area contributed by atoms with Crippen molar-refractivity contribution in [1.29, 1.82) is 5.26 Å². The molecule has 0 N–H and O–H groups in total. The van der Waals surface area contributed by atoms with Crippen LogP contribution in [0.25, 0.3) is 10.9 Å². The number of hydrogen-bond acceptors (Lipinski definition) is 4. The zero-order valence-corrected chi connectivity index (χ0v) is 17.8. The van der Waals surface area contributed by atoms with Crippen LogP contribution in [0.15, 0.2) is 54.7 Å². The molecule has 6 nitrogen and oxygen atoms in total. The summed E-state index contributed by atoms with van der Waals surface area (Å²) in [6.07, 6.45) is 2.98. The standard InChI is InChI=1S/C25H25FN4O2/c26-20-7-3-6-19(16-20)25(32)29-13-5-11-28(14-15-29)18-24(31)22-17-30(12-4-10-27)23-9-2-1-8-21(22)23/h1-3,6-9,16-17H,4-5,11-15,18H2. The Labute approximate surface area is 186 Å². The summed E-state index contributed by atoms with van der Waals surface area (Å²) >= 11 is 0. The van der Waals surface area contributed by atoms with Crippen molar-refractivity contribution in [3.63, 3.8) is 0 Å². The van der Waals surface area contributed by atoms with Crippen LogP contribution < -0.4 is 0 Å². The number of nitriles is 1. The fourth-order valence-electron chi connectivity index (χ4n) is 4.25. The van der Waals surface area contributed by atoms with Gasteiger partial charge in [0.2, 0.25) is 0 Å². The second kappa shape index (κ2) is 9.75. The number of aromatic nitrogens is 1. The number of rotatable bonds is 6. The first-order valence-electron chi connectivity index (χ1n) is 10.8. The van der Waals surface area contributed by atoms with Crippen LogP contribution in [0.4, 0.5) is 4.39 Å². The highest BCUT2D eigenvalue weighted by Gasteiger charge is 2.23. The molecule has 32 heavy (non-hydrogen) atoms. The maximum absolute atomic E-state index is 13.5. The molecule has 0 spiro atoms. The number of carbonyl (C=O) groups excluding carboxylic acids is 2. The molecule has 1 amide bonds. The molecule has 1 aromatic heterocycles. The van der Waals surface area contributed by atoms with Crippen LogP contribution in [0.5, 0.6) is 0 Å². The predicted octanol–water partition coefficient (Wildman–Crippen LogP) is 3.72. The van der Waals surface area contributed by atoms with Gasteiger partial charge in [-0.25, -0.2) is 4.39 Å². The summed E-state index contributed by atoms with van der Waals surface area (Å²) in [6, 6.07) is 15.6. The third-order valence-electron chi connectivity index (χ3n) is 5.87. The minimum Gasteiger partial charge on any atom is -0.346 e. The largest absolute Gasteiger partial charge is 0.346 e. The fraction of sp³-hybridized carbons (Fsp3) is 0.320. The van der Waals surface area contributed by atoms with Crippen molar-refractivity contribution in [3.8, 4) is 6.07 Å². The number of Topliss-reactive ketones (excluding diaryl/α,β-unsaturated/α-hetero) is 1. The Bertz CT molecular complexity index is 1180. The molecule has 1 saturated heterocycles. The first-order chi connectivity index (χ1) is 15.6. The molecule has 0 saturated carbocycles. The molecule has 3 aromatic rings. The van der Waals surface area contributed by atoms with Gasteiger partial charge in [0.25, 0.3) is 5.91 Å². The summed E-state index contributed by atoms with van der Waals surface area (Å²) in [4.78, 5) is 29.7. The molecule has 0 aliphatic carbocycles. The normalized spacial score (nSPS) is 14.8. The van der Waals surface area contributed by atoms with Gasteiger partial charge in [-0.1, -0.05) is 24.3 Å². The Balaban J connectivity index is 1.43. The second-order valence-electron chi connectivity index (χ2n) is 8.02. The summed E-state index contributed by atoms with van der Waals surface area (Å²) < 4.78 is 15.5. The highest BCUT2D eigenvalue weighted by molar-refractivity contribution is 6.09.